The maximum atomic E-state index is 12.4. The smallest absolute Gasteiger partial charge is 0.243 e. The third kappa shape index (κ3) is 3.46. The fourth-order valence-electron chi connectivity index (χ4n) is 2.67. The van der Waals surface area contributed by atoms with Crippen molar-refractivity contribution in [2.24, 2.45) is 0 Å². The van der Waals surface area contributed by atoms with Gasteiger partial charge in [0.1, 0.15) is 5.82 Å². The van der Waals surface area contributed by atoms with E-state index in [0.29, 0.717) is 11.0 Å². The second kappa shape index (κ2) is 6.32. The average molecular weight is 302 g/mol. The molecule has 1 saturated heterocycles. The van der Waals surface area contributed by atoms with Crippen LogP contribution in [0.3, 0.4) is 0 Å². The second-order valence-electron chi connectivity index (χ2n) is 5.25. The molecule has 1 N–H and O–H groups in total. The largest absolute Gasteiger partial charge is 0.299 e. The number of rotatable bonds is 4. The van der Waals surface area contributed by atoms with Gasteiger partial charge in [0.05, 0.1) is 6.04 Å². The van der Waals surface area contributed by atoms with Gasteiger partial charge in [-0.1, -0.05) is 30.3 Å². The van der Waals surface area contributed by atoms with Gasteiger partial charge in [-0.05, 0) is 31.9 Å². The number of aromatic nitrogens is 2. The summed E-state index contributed by atoms with van der Waals surface area (Å²) in [6.45, 7) is 3.60. The lowest BCUT2D eigenvalue weighted by atomic mass is 10.1. The van der Waals surface area contributed by atoms with Crippen LogP contribution in [0.15, 0.2) is 30.3 Å². The SMILES string of the molecule is Cc1nsc(NC(=O)C2CCCN2Cc2ccccc2)n1. The zero-order chi connectivity index (χ0) is 14.7. The fourth-order valence-corrected chi connectivity index (χ4v) is 3.25. The van der Waals surface area contributed by atoms with E-state index in [0.717, 1.165) is 25.9 Å². The number of amides is 1. The molecule has 3 rings (SSSR count). The van der Waals surface area contributed by atoms with Crippen LogP contribution < -0.4 is 5.32 Å². The minimum absolute atomic E-state index is 0.0274. The first kappa shape index (κ1) is 14.2. The molecule has 0 aliphatic carbocycles. The van der Waals surface area contributed by atoms with Gasteiger partial charge in [0.2, 0.25) is 11.0 Å². The maximum Gasteiger partial charge on any atom is 0.243 e. The first-order chi connectivity index (χ1) is 10.2. The van der Waals surface area contributed by atoms with Crippen LogP contribution >= 0.6 is 11.5 Å². The van der Waals surface area contributed by atoms with Crippen molar-refractivity contribution in [2.45, 2.75) is 32.4 Å². The molecular formula is C15H18N4OS. The Morgan fingerprint density at radius 1 is 1.43 bits per heavy atom. The highest BCUT2D eigenvalue weighted by atomic mass is 32.1. The molecule has 1 aromatic heterocycles. The van der Waals surface area contributed by atoms with Crippen molar-refractivity contribution >= 4 is 22.6 Å². The van der Waals surface area contributed by atoms with Crippen molar-refractivity contribution in [1.29, 1.82) is 0 Å². The summed E-state index contributed by atoms with van der Waals surface area (Å²) in [5.41, 5.74) is 1.24. The van der Waals surface area contributed by atoms with Crippen LogP contribution in [0.2, 0.25) is 0 Å². The third-order valence-electron chi connectivity index (χ3n) is 3.65. The van der Waals surface area contributed by atoms with E-state index in [4.69, 9.17) is 0 Å². The Bertz CT molecular complexity index is 613. The number of benzene rings is 1. The molecular weight excluding hydrogens is 284 g/mol. The number of nitrogens with one attached hydrogen (secondary N) is 1. The van der Waals surface area contributed by atoms with E-state index in [9.17, 15) is 4.79 Å². The van der Waals surface area contributed by atoms with Crippen molar-refractivity contribution in [3.8, 4) is 0 Å². The van der Waals surface area contributed by atoms with Crippen LogP contribution in [0.25, 0.3) is 0 Å². The Balaban J connectivity index is 1.64. The Hall–Kier alpha value is -1.79. The molecule has 110 valence electrons. The minimum atomic E-state index is -0.0746. The molecule has 21 heavy (non-hydrogen) atoms. The number of likely N-dealkylation sites (tertiary alicyclic amines) is 1. The van der Waals surface area contributed by atoms with Crippen molar-refractivity contribution in [3.63, 3.8) is 0 Å². The van der Waals surface area contributed by atoms with Crippen LogP contribution in [0.1, 0.15) is 24.2 Å². The average Bonchev–Trinajstić information content (AvgIpc) is 3.09. The molecule has 2 heterocycles. The molecule has 1 atom stereocenters. The second-order valence-corrected chi connectivity index (χ2v) is 6.00. The molecule has 0 saturated carbocycles. The summed E-state index contributed by atoms with van der Waals surface area (Å²) in [7, 11) is 0. The third-order valence-corrected chi connectivity index (χ3v) is 4.37. The summed E-state index contributed by atoms with van der Waals surface area (Å²) >= 11 is 1.23. The van der Waals surface area contributed by atoms with E-state index in [1.165, 1.54) is 17.1 Å². The van der Waals surface area contributed by atoms with Gasteiger partial charge in [0.25, 0.3) is 0 Å². The Labute approximate surface area is 128 Å². The van der Waals surface area contributed by atoms with Crippen LogP contribution in [0.5, 0.6) is 0 Å². The topological polar surface area (TPSA) is 58.1 Å². The first-order valence-corrected chi connectivity index (χ1v) is 7.89. The zero-order valence-corrected chi connectivity index (χ0v) is 12.8. The highest BCUT2D eigenvalue weighted by Gasteiger charge is 2.31. The molecule has 1 aliphatic rings. The highest BCUT2D eigenvalue weighted by molar-refractivity contribution is 7.09. The zero-order valence-electron chi connectivity index (χ0n) is 12.0. The molecule has 6 heteroatoms. The molecule has 1 aliphatic heterocycles. The van der Waals surface area contributed by atoms with Crippen LogP contribution in [-0.4, -0.2) is 32.8 Å². The van der Waals surface area contributed by atoms with Crippen molar-refractivity contribution in [1.82, 2.24) is 14.3 Å². The standard InChI is InChI=1S/C15H18N4OS/c1-11-16-15(21-18-11)17-14(20)13-8-5-9-19(13)10-12-6-3-2-4-7-12/h2-4,6-7,13H,5,8-10H2,1H3,(H,16,17,18,20). The van der Waals surface area contributed by atoms with Crippen molar-refractivity contribution < 1.29 is 4.79 Å². The number of anilines is 1. The molecule has 1 unspecified atom stereocenters. The summed E-state index contributed by atoms with van der Waals surface area (Å²) in [6.07, 6.45) is 1.95. The summed E-state index contributed by atoms with van der Waals surface area (Å²) in [6, 6.07) is 10.2. The number of aryl methyl sites for hydroxylation is 1. The predicted molar refractivity (Wildman–Crippen MR) is 83.1 cm³/mol. The fraction of sp³-hybridized carbons (Fsp3) is 0.400. The van der Waals surface area contributed by atoms with Gasteiger partial charge in [-0.25, -0.2) is 4.98 Å². The normalized spacial score (nSPS) is 18.8. The molecule has 0 bridgehead atoms. The molecule has 1 amide bonds. The Morgan fingerprint density at radius 3 is 2.95 bits per heavy atom. The van der Waals surface area contributed by atoms with E-state index < -0.39 is 0 Å². The lowest BCUT2D eigenvalue weighted by molar-refractivity contribution is -0.120. The maximum absolute atomic E-state index is 12.4. The quantitative estimate of drug-likeness (QED) is 0.942. The summed E-state index contributed by atoms with van der Waals surface area (Å²) in [4.78, 5) is 18.8. The predicted octanol–water partition coefficient (Wildman–Crippen LogP) is 2.45. The first-order valence-electron chi connectivity index (χ1n) is 7.11. The molecule has 0 spiro atoms. The number of nitrogens with zero attached hydrogens (tertiary/aromatic N) is 3. The van der Waals surface area contributed by atoms with Gasteiger partial charge >= 0.3 is 0 Å². The summed E-state index contributed by atoms with van der Waals surface area (Å²) in [5.74, 6) is 0.724. The number of carbonyl (C=O) groups excluding carboxylic acids is 1. The van der Waals surface area contributed by atoms with E-state index >= 15 is 0 Å². The van der Waals surface area contributed by atoms with E-state index in [1.807, 2.05) is 25.1 Å². The number of carbonyl (C=O) groups is 1. The number of hydrogen-bond donors (Lipinski definition) is 1. The monoisotopic (exact) mass is 302 g/mol. The van der Waals surface area contributed by atoms with Crippen molar-refractivity contribution in [2.75, 3.05) is 11.9 Å². The van der Waals surface area contributed by atoms with E-state index in [-0.39, 0.29) is 11.9 Å². The number of hydrogen-bond acceptors (Lipinski definition) is 5. The molecule has 1 fully saturated rings. The van der Waals surface area contributed by atoms with Gasteiger partial charge in [-0.2, -0.15) is 4.37 Å². The molecule has 2 aromatic rings. The van der Waals surface area contributed by atoms with Crippen LogP contribution in [0, 0.1) is 6.92 Å². The Kier molecular flexibility index (Phi) is 4.26. The van der Waals surface area contributed by atoms with Gasteiger partial charge in [0, 0.05) is 18.1 Å². The van der Waals surface area contributed by atoms with E-state index in [1.54, 1.807) is 0 Å². The summed E-state index contributed by atoms with van der Waals surface area (Å²) < 4.78 is 4.09. The van der Waals surface area contributed by atoms with Crippen LogP contribution in [0.4, 0.5) is 5.13 Å². The molecule has 1 aromatic carbocycles. The van der Waals surface area contributed by atoms with Gasteiger partial charge < -0.3 is 0 Å². The summed E-state index contributed by atoms with van der Waals surface area (Å²) in [5, 5.41) is 3.47. The highest BCUT2D eigenvalue weighted by Crippen LogP contribution is 2.22. The molecule has 5 nitrogen and oxygen atoms in total. The van der Waals surface area contributed by atoms with Crippen LogP contribution in [-0.2, 0) is 11.3 Å². The van der Waals surface area contributed by atoms with Gasteiger partial charge in [0.15, 0.2) is 0 Å². The van der Waals surface area contributed by atoms with Gasteiger partial charge in [-0.3, -0.25) is 15.0 Å². The van der Waals surface area contributed by atoms with Gasteiger partial charge in [-0.15, -0.1) is 0 Å². The lowest BCUT2D eigenvalue weighted by Crippen LogP contribution is -2.39. The van der Waals surface area contributed by atoms with E-state index in [2.05, 4.69) is 31.7 Å². The lowest BCUT2D eigenvalue weighted by Gasteiger charge is -2.23. The minimum Gasteiger partial charge on any atom is -0.299 e. The van der Waals surface area contributed by atoms with Crippen molar-refractivity contribution in [3.05, 3.63) is 41.7 Å². The Morgan fingerprint density at radius 2 is 2.24 bits per heavy atom. The molecule has 0 radical (unpaired) electrons.